The fourth-order valence-electron chi connectivity index (χ4n) is 4.66. The number of aryl methyl sites for hydroxylation is 1. The van der Waals surface area contributed by atoms with Crippen molar-refractivity contribution < 1.29 is 13.2 Å². The molecular weight excluding hydrogens is 459 g/mol. The predicted molar refractivity (Wildman–Crippen MR) is 125 cm³/mol. The summed E-state index contributed by atoms with van der Waals surface area (Å²) in [7, 11) is 3.67. The number of nitrogens with zero attached hydrogens (tertiary/aromatic N) is 7. The highest BCUT2D eigenvalue weighted by Gasteiger charge is 2.34. The molecule has 1 aliphatic heterocycles. The van der Waals surface area contributed by atoms with Crippen LogP contribution in [-0.2, 0) is 13.2 Å². The second-order valence-electron chi connectivity index (χ2n) is 8.50. The van der Waals surface area contributed by atoms with Gasteiger partial charge >= 0.3 is 6.18 Å². The number of rotatable bonds is 2. The van der Waals surface area contributed by atoms with E-state index in [0.717, 1.165) is 16.2 Å². The average molecular weight is 477 g/mol. The summed E-state index contributed by atoms with van der Waals surface area (Å²) in [4.78, 5) is 32.6. The van der Waals surface area contributed by atoms with Crippen LogP contribution in [0.3, 0.4) is 0 Å². The number of allylic oxidation sites excluding steroid dienone is 2. The summed E-state index contributed by atoms with van der Waals surface area (Å²) in [6.07, 6.45) is 5.94. The van der Waals surface area contributed by atoms with Gasteiger partial charge in [0, 0.05) is 31.3 Å². The van der Waals surface area contributed by atoms with Crippen LogP contribution < -0.4 is 5.56 Å². The lowest BCUT2D eigenvalue weighted by molar-refractivity contribution is -0.141. The Morgan fingerprint density at radius 3 is 2.66 bits per heavy atom. The third kappa shape index (κ3) is 3.18. The molecule has 0 amide bonds. The third-order valence-electron chi connectivity index (χ3n) is 6.36. The van der Waals surface area contributed by atoms with Gasteiger partial charge in [0.05, 0.1) is 35.8 Å². The molecule has 2 unspecified atom stereocenters. The fraction of sp³-hybridized carbons (Fsp3) is 0.208. The number of pyridine rings is 3. The van der Waals surface area contributed by atoms with E-state index in [4.69, 9.17) is 0 Å². The average Bonchev–Trinajstić information content (AvgIpc) is 3.39. The van der Waals surface area contributed by atoms with Gasteiger partial charge in [-0.15, -0.1) is 0 Å². The molecular formula is C24H18F3N7O. The minimum absolute atomic E-state index is 0.00654. The lowest BCUT2D eigenvalue weighted by Crippen LogP contribution is -2.32. The van der Waals surface area contributed by atoms with Crippen molar-refractivity contribution >= 4 is 34.0 Å². The summed E-state index contributed by atoms with van der Waals surface area (Å²) < 4.78 is 43.4. The molecule has 5 heterocycles. The monoisotopic (exact) mass is 477 g/mol. The van der Waals surface area contributed by atoms with Crippen LogP contribution in [0.1, 0.15) is 11.5 Å². The molecule has 0 aromatic carbocycles. The summed E-state index contributed by atoms with van der Waals surface area (Å²) in [5, 5.41) is 0.372. The number of likely N-dealkylation sites (N-methyl/N-ethyl adjacent to an activating group) is 1. The highest BCUT2D eigenvalue weighted by molar-refractivity contribution is 6.03. The number of aliphatic imine (C=N–C) groups is 1. The SMILES string of the molecule is CN1C=NC2C=CC(c3nc4c(=O)n(-c5cccnc5)c5nc(C(F)(F)F)ccc5c4n3C)=CC21. The molecule has 35 heavy (non-hydrogen) atoms. The van der Waals surface area contributed by atoms with Crippen LogP contribution in [0.2, 0.25) is 0 Å². The molecule has 2 aliphatic rings. The van der Waals surface area contributed by atoms with E-state index in [9.17, 15) is 18.0 Å². The Morgan fingerprint density at radius 2 is 1.91 bits per heavy atom. The van der Waals surface area contributed by atoms with Gasteiger partial charge in [-0.2, -0.15) is 13.2 Å². The molecule has 0 fully saturated rings. The van der Waals surface area contributed by atoms with Crippen LogP contribution in [0.4, 0.5) is 13.2 Å². The van der Waals surface area contributed by atoms with Crippen molar-refractivity contribution in [2.24, 2.45) is 12.0 Å². The predicted octanol–water partition coefficient (Wildman–Crippen LogP) is 3.35. The van der Waals surface area contributed by atoms with Gasteiger partial charge < -0.3 is 9.47 Å². The van der Waals surface area contributed by atoms with E-state index >= 15 is 0 Å². The van der Waals surface area contributed by atoms with Crippen molar-refractivity contribution in [3.8, 4) is 5.69 Å². The number of hydrogen-bond acceptors (Lipinski definition) is 6. The van der Waals surface area contributed by atoms with Gasteiger partial charge in [0.15, 0.2) is 5.52 Å². The van der Waals surface area contributed by atoms with Gasteiger partial charge in [0.25, 0.3) is 5.56 Å². The maximum atomic E-state index is 13.7. The number of fused-ring (bicyclic) bond motifs is 4. The molecule has 0 spiro atoms. The van der Waals surface area contributed by atoms with Crippen LogP contribution in [-0.4, -0.2) is 54.5 Å². The van der Waals surface area contributed by atoms with Crippen molar-refractivity contribution in [2.75, 3.05) is 7.05 Å². The lowest BCUT2D eigenvalue weighted by atomic mass is 9.98. The van der Waals surface area contributed by atoms with Crippen molar-refractivity contribution in [1.29, 1.82) is 0 Å². The highest BCUT2D eigenvalue weighted by Crippen LogP contribution is 2.33. The Balaban J connectivity index is 1.66. The van der Waals surface area contributed by atoms with Crippen LogP contribution >= 0.6 is 0 Å². The molecule has 0 N–H and O–H groups in total. The van der Waals surface area contributed by atoms with Crippen molar-refractivity contribution in [3.63, 3.8) is 0 Å². The van der Waals surface area contributed by atoms with Gasteiger partial charge in [-0.1, -0.05) is 12.2 Å². The first-order chi connectivity index (χ1) is 16.7. The smallest absolute Gasteiger partial charge is 0.357 e. The Bertz CT molecular complexity index is 1650. The van der Waals surface area contributed by atoms with Crippen LogP contribution in [0.5, 0.6) is 0 Å². The van der Waals surface area contributed by atoms with Crippen molar-refractivity contribution in [2.45, 2.75) is 18.3 Å². The number of imidazole rings is 1. The minimum atomic E-state index is -4.67. The molecule has 4 aromatic rings. The van der Waals surface area contributed by atoms with Crippen molar-refractivity contribution in [3.05, 3.63) is 76.8 Å². The maximum Gasteiger partial charge on any atom is 0.433 e. The summed E-state index contributed by atoms with van der Waals surface area (Å²) >= 11 is 0. The Kier molecular flexibility index (Phi) is 4.47. The number of hydrogen-bond donors (Lipinski definition) is 0. The van der Waals surface area contributed by atoms with Gasteiger partial charge in [0.1, 0.15) is 17.2 Å². The van der Waals surface area contributed by atoms with Gasteiger partial charge in [-0.05, 0) is 30.3 Å². The van der Waals surface area contributed by atoms with E-state index in [-0.39, 0.29) is 23.2 Å². The highest BCUT2D eigenvalue weighted by atomic mass is 19.4. The molecule has 2 atom stereocenters. The van der Waals surface area contributed by atoms with Gasteiger partial charge in [-0.25, -0.2) is 9.97 Å². The first kappa shape index (κ1) is 21.3. The zero-order valence-corrected chi connectivity index (χ0v) is 18.6. The molecule has 0 saturated heterocycles. The normalized spacial score (nSPS) is 19.6. The standard InChI is InChI=1S/C24H18F3N7O/c1-32-12-29-16-7-5-13(10-17(16)32)21-31-19-20(33(21)2)15-6-8-18(24(25,26)27)30-22(15)34(23(19)35)14-4-3-9-28-11-14/h3-12,16-17H,1-2H3. The summed E-state index contributed by atoms with van der Waals surface area (Å²) in [6, 6.07) is 5.48. The topological polar surface area (TPSA) is 81.2 Å². The Hall–Kier alpha value is -4.28. The number of alkyl halides is 3. The quantitative estimate of drug-likeness (QED) is 0.442. The molecule has 1 aliphatic carbocycles. The summed E-state index contributed by atoms with van der Waals surface area (Å²) in [5.74, 6) is 0.525. The second-order valence-corrected chi connectivity index (χ2v) is 8.50. The summed E-state index contributed by atoms with van der Waals surface area (Å²) in [6.45, 7) is 0. The Labute approximate surface area is 196 Å². The first-order valence-electron chi connectivity index (χ1n) is 10.8. The van der Waals surface area contributed by atoms with Crippen LogP contribution in [0, 0.1) is 0 Å². The molecule has 6 rings (SSSR count). The zero-order valence-electron chi connectivity index (χ0n) is 18.6. The van der Waals surface area contributed by atoms with Gasteiger partial charge in [0.2, 0.25) is 0 Å². The van der Waals surface area contributed by atoms with Crippen LogP contribution in [0.25, 0.3) is 33.3 Å². The van der Waals surface area contributed by atoms with Crippen molar-refractivity contribution in [1.82, 2.24) is 29.0 Å². The molecule has 0 saturated carbocycles. The molecule has 0 bridgehead atoms. The number of halogens is 3. The molecule has 11 heteroatoms. The third-order valence-corrected chi connectivity index (χ3v) is 6.36. The van der Waals surface area contributed by atoms with E-state index < -0.39 is 17.4 Å². The largest absolute Gasteiger partial charge is 0.433 e. The number of aromatic nitrogens is 5. The van der Waals surface area contributed by atoms with E-state index in [1.807, 2.05) is 30.2 Å². The van der Waals surface area contributed by atoms with E-state index in [1.165, 1.54) is 18.5 Å². The van der Waals surface area contributed by atoms with E-state index in [2.05, 4.69) is 19.9 Å². The zero-order chi connectivity index (χ0) is 24.5. The molecule has 4 aromatic heterocycles. The van der Waals surface area contributed by atoms with E-state index in [1.54, 1.807) is 30.1 Å². The molecule has 8 nitrogen and oxygen atoms in total. The Morgan fingerprint density at radius 1 is 1.09 bits per heavy atom. The van der Waals surface area contributed by atoms with Gasteiger partial charge in [-0.3, -0.25) is 19.3 Å². The second kappa shape index (κ2) is 7.36. The first-order valence-corrected chi connectivity index (χ1v) is 10.8. The summed E-state index contributed by atoms with van der Waals surface area (Å²) in [5.41, 5.74) is -0.139. The van der Waals surface area contributed by atoms with E-state index in [0.29, 0.717) is 22.4 Å². The minimum Gasteiger partial charge on any atom is -0.357 e. The fourth-order valence-corrected chi connectivity index (χ4v) is 4.66. The van der Waals surface area contributed by atoms with Crippen LogP contribution in [0.15, 0.2) is 64.7 Å². The maximum absolute atomic E-state index is 13.7. The lowest BCUT2D eigenvalue weighted by Gasteiger charge is -2.23. The molecule has 0 radical (unpaired) electrons. The molecule has 176 valence electrons.